The average Bonchev–Trinajstić information content (AvgIpc) is 3.01. The minimum Gasteiger partial charge on any atom is -0.479 e. The van der Waals surface area contributed by atoms with Gasteiger partial charge >= 0.3 is 5.97 Å². The lowest BCUT2D eigenvalue weighted by Crippen LogP contribution is -2.34. The Hall–Kier alpha value is -2.71. The Balaban J connectivity index is 1.75. The van der Waals surface area contributed by atoms with Crippen molar-refractivity contribution in [2.75, 3.05) is 0 Å². The van der Waals surface area contributed by atoms with E-state index in [0.717, 1.165) is 12.8 Å². The number of hydrogen-bond donors (Lipinski definition) is 3. The second-order valence-corrected chi connectivity index (χ2v) is 5.01. The molecule has 1 atom stereocenters. The largest absolute Gasteiger partial charge is 0.479 e. The van der Waals surface area contributed by atoms with Crippen LogP contribution in [0.15, 0.2) is 12.4 Å². The van der Waals surface area contributed by atoms with E-state index in [4.69, 9.17) is 0 Å². The number of aryl methyl sites for hydroxylation is 1. The number of nitrogens with one attached hydrogen (secondary N) is 2. The number of carbonyl (C=O) groups excluding carboxylic acids is 1. The Morgan fingerprint density at radius 1 is 1.52 bits per heavy atom. The van der Waals surface area contributed by atoms with Crippen molar-refractivity contribution in [2.45, 2.75) is 24.8 Å². The van der Waals surface area contributed by atoms with Crippen molar-refractivity contribution in [2.24, 2.45) is 7.05 Å². The van der Waals surface area contributed by atoms with E-state index in [2.05, 4.69) is 25.6 Å². The predicted molar refractivity (Wildman–Crippen MR) is 69.4 cm³/mol. The third-order valence-corrected chi connectivity index (χ3v) is 3.25. The molecular formula is C12H14N6O3. The van der Waals surface area contributed by atoms with Crippen LogP contribution in [0.2, 0.25) is 0 Å². The number of carboxylic acid groups (broad SMARTS) is 1. The first-order chi connectivity index (χ1) is 10.0. The number of hydrogen-bond acceptors (Lipinski definition) is 5. The van der Waals surface area contributed by atoms with Crippen LogP contribution in [-0.2, 0) is 11.8 Å². The fourth-order valence-corrected chi connectivity index (χ4v) is 1.99. The van der Waals surface area contributed by atoms with Crippen molar-refractivity contribution in [3.05, 3.63) is 29.6 Å². The van der Waals surface area contributed by atoms with Gasteiger partial charge in [0.1, 0.15) is 5.82 Å². The highest BCUT2D eigenvalue weighted by molar-refractivity contribution is 5.93. The fourth-order valence-electron chi connectivity index (χ4n) is 1.99. The summed E-state index contributed by atoms with van der Waals surface area (Å²) in [5.74, 6) is -0.836. The zero-order valence-corrected chi connectivity index (χ0v) is 11.3. The summed E-state index contributed by atoms with van der Waals surface area (Å²) in [6.45, 7) is 0. The van der Waals surface area contributed by atoms with Gasteiger partial charge in [0.2, 0.25) is 5.82 Å². The van der Waals surface area contributed by atoms with Crippen LogP contribution in [0.4, 0.5) is 0 Å². The van der Waals surface area contributed by atoms with Gasteiger partial charge in [-0.1, -0.05) is 0 Å². The fraction of sp³-hybridized carbons (Fsp3) is 0.417. The van der Waals surface area contributed by atoms with Crippen LogP contribution in [0.5, 0.6) is 0 Å². The zero-order valence-electron chi connectivity index (χ0n) is 11.3. The monoisotopic (exact) mass is 290 g/mol. The number of rotatable bonds is 5. The lowest BCUT2D eigenvalue weighted by molar-refractivity contribution is -0.139. The van der Waals surface area contributed by atoms with E-state index in [1.165, 1.54) is 17.1 Å². The maximum atomic E-state index is 12.0. The molecule has 1 aliphatic rings. The number of aliphatic carboxylic acids is 1. The van der Waals surface area contributed by atoms with Gasteiger partial charge in [0.15, 0.2) is 6.04 Å². The van der Waals surface area contributed by atoms with E-state index < -0.39 is 17.9 Å². The van der Waals surface area contributed by atoms with Gasteiger partial charge in [-0.3, -0.25) is 14.6 Å². The highest BCUT2D eigenvalue weighted by atomic mass is 16.4. The van der Waals surface area contributed by atoms with E-state index >= 15 is 0 Å². The first-order valence-corrected chi connectivity index (χ1v) is 6.49. The number of carbonyl (C=O) groups is 2. The Labute approximate surface area is 119 Å². The van der Waals surface area contributed by atoms with Crippen molar-refractivity contribution < 1.29 is 14.7 Å². The first kappa shape index (κ1) is 13.3. The molecule has 1 amide bonds. The molecule has 2 aromatic rings. The number of H-pyrrole nitrogens is 1. The van der Waals surface area contributed by atoms with E-state index in [9.17, 15) is 14.7 Å². The molecule has 0 aromatic carbocycles. The normalized spacial score (nSPS) is 15.7. The molecule has 9 heteroatoms. The Bertz CT molecular complexity index is 687. The van der Waals surface area contributed by atoms with Crippen LogP contribution in [0.1, 0.15) is 46.8 Å². The van der Waals surface area contributed by atoms with Crippen molar-refractivity contribution >= 4 is 11.9 Å². The van der Waals surface area contributed by atoms with Crippen molar-refractivity contribution in [3.63, 3.8) is 0 Å². The van der Waals surface area contributed by atoms with Crippen molar-refractivity contribution in [1.82, 2.24) is 30.3 Å². The van der Waals surface area contributed by atoms with Gasteiger partial charge in [0, 0.05) is 24.7 Å². The standard InChI is InChI=1S/C12H14N6O3/c1-18-5-7(4-13-18)8(12(20)21)14-11(19)10-15-9(16-17-10)6-2-3-6/h4-6,8H,2-3H2,1H3,(H,14,19)(H,20,21)(H,15,16,17). The summed E-state index contributed by atoms with van der Waals surface area (Å²) in [5.41, 5.74) is 0.385. The number of aromatic nitrogens is 5. The van der Waals surface area contributed by atoms with Gasteiger partial charge in [0.25, 0.3) is 5.91 Å². The molecule has 0 bridgehead atoms. The molecule has 0 saturated heterocycles. The molecule has 1 unspecified atom stereocenters. The number of amides is 1. The molecule has 0 spiro atoms. The van der Waals surface area contributed by atoms with Gasteiger partial charge in [0.05, 0.1) is 6.20 Å². The average molecular weight is 290 g/mol. The second kappa shape index (κ2) is 5.00. The van der Waals surface area contributed by atoms with Gasteiger partial charge in [-0.2, -0.15) is 5.10 Å². The SMILES string of the molecule is Cn1cc(C(NC(=O)c2n[nH]c(C3CC3)n2)C(=O)O)cn1. The van der Waals surface area contributed by atoms with E-state index in [1.807, 2.05) is 0 Å². The minimum atomic E-state index is -1.19. The van der Waals surface area contributed by atoms with Gasteiger partial charge in [-0.05, 0) is 12.8 Å². The van der Waals surface area contributed by atoms with Gasteiger partial charge in [-0.25, -0.2) is 9.78 Å². The Morgan fingerprint density at radius 2 is 2.29 bits per heavy atom. The molecule has 3 N–H and O–H groups in total. The summed E-state index contributed by atoms with van der Waals surface area (Å²) >= 11 is 0. The lowest BCUT2D eigenvalue weighted by Gasteiger charge is -2.11. The zero-order chi connectivity index (χ0) is 15.0. The van der Waals surface area contributed by atoms with Crippen LogP contribution in [-0.4, -0.2) is 41.9 Å². The smallest absolute Gasteiger partial charge is 0.331 e. The number of nitrogens with zero attached hydrogens (tertiary/aromatic N) is 4. The molecule has 110 valence electrons. The van der Waals surface area contributed by atoms with Crippen LogP contribution >= 0.6 is 0 Å². The van der Waals surface area contributed by atoms with E-state index in [-0.39, 0.29) is 5.82 Å². The summed E-state index contributed by atoms with van der Waals surface area (Å²) in [4.78, 5) is 27.4. The highest BCUT2D eigenvalue weighted by Crippen LogP contribution is 2.37. The van der Waals surface area contributed by atoms with E-state index in [1.54, 1.807) is 7.05 Å². The van der Waals surface area contributed by atoms with Crippen LogP contribution in [0.25, 0.3) is 0 Å². The summed E-state index contributed by atoms with van der Waals surface area (Å²) < 4.78 is 1.47. The maximum Gasteiger partial charge on any atom is 0.331 e. The molecule has 21 heavy (non-hydrogen) atoms. The topological polar surface area (TPSA) is 126 Å². The second-order valence-electron chi connectivity index (χ2n) is 5.01. The Morgan fingerprint density at radius 3 is 2.86 bits per heavy atom. The minimum absolute atomic E-state index is 0.0490. The van der Waals surface area contributed by atoms with Crippen LogP contribution in [0, 0.1) is 0 Å². The quantitative estimate of drug-likeness (QED) is 0.710. The third kappa shape index (κ3) is 2.76. The lowest BCUT2D eigenvalue weighted by atomic mass is 10.1. The highest BCUT2D eigenvalue weighted by Gasteiger charge is 2.30. The molecule has 0 aliphatic heterocycles. The predicted octanol–water partition coefficient (Wildman–Crippen LogP) is -0.0287. The summed E-state index contributed by atoms with van der Waals surface area (Å²) in [6.07, 6.45) is 4.99. The summed E-state index contributed by atoms with van der Waals surface area (Å²) in [7, 11) is 1.67. The molecule has 1 aliphatic carbocycles. The molecular weight excluding hydrogens is 276 g/mol. The first-order valence-electron chi connectivity index (χ1n) is 6.49. The summed E-state index contributed by atoms with van der Waals surface area (Å²) in [6, 6.07) is -1.19. The van der Waals surface area contributed by atoms with Crippen LogP contribution in [0.3, 0.4) is 0 Å². The molecule has 0 radical (unpaired) electrons. The maximum absolute atomic E-state index is 12.0. The molecule has 2 heterocycles. The summed E-state index contributed by atoms with van der Waals surface area (Å²) in [5, 5.41) is 22.1. The molecule has 2 aromatic heterocycles. The van der Waals surface area contributed by atoms with Gasteiger partial charge in [-0.15, -0.1) is 5.10 Å². The number of carboxylic acids is 1. The Kier molecular flexibility index (Phi) is 3.16. The van der Waals surface area contributed by atoms with Crippen molar-refractivity contribution in [1.29, 1.82) is 0 Å². The molecule has 3 rings (SSSR count). The number of aromatic amines is 1. The van der Waals surface area contributed by atoms with Crippen molar-refractivity contribution in [3.8, 4) is 0 Å². The molecule has 9 nitrogen and oxygen atoms in total. The molecule has 1 saturated carbocycles. The van der Waals surface area contributed by atoms with Crippen LogP contribution < -0.4 is 5.32 Å². The third-order valence-electron chi connectivity index (χ3n) is 3.25. The van der Waals surface area contributed by atoms with Gasteiger partial charge < -0.3 is 10.4 Å². The van der Waals surface area contributed by atoms with E-state index in [0.29, 0.717) is 17.3 Å². The molecule has 1 fully saturated rings.